The summed E-state index contributed by atoms with van der Waals surface area (Å²) in [7, 11) is 1.91. The minimum Gasteiger partial charge on any atom is -0.481 e. The summed E-state index contributed by atoms with van der Waals surface area (Å²) in [6.45, 7) is 1.10. The molecule has 0 unspecified atom stereocenters. The highest BCUT2D eigenvalue weighted by atomic mass is 19.1. The molecule has 4 heteroatoms. The predicted molar refractivity (Wildman–Crippen MR) is 75.9 cm³/mol. The van der Waals surface area contributed by atoms with Crippen LogP contribution in [-0.4, -0.2) is 29.6 Å². The molecule has 0 saturated heterocycles. The molecule has 1 aliphatic carbocycles. The first-order chi connectivity index (χ1) is 9.52. The van der Waals surface area contributed by atoms with E-state index in [1.54, 1.807) is 6.07 Å². The summed E-state index contributed by atoms with van der Waals surface area (Å²) in [5, 5.41) is 9.56. The van der Waals surface area contributed by atoms with E-state index in [0.717, 1.165) is 37.7 Å². The Morgan fingerprint density at radius 2 is 2.05 bits per heavy atom. The van der Waals surface area contributed by atoms with E-state index in [-0.39, 0.29) is 5.82 Å². The fraction of sp³-hybridized carbons (Fsp3) is 0.562. The van der Waals surface area contributed by atoms with E-state index in [1.165, 1.54) is 12.1 Å². The summed E-state index contributed by atoms with van der Waals surface area (Å²) in [5.74, 6) is -0.940. The molecule has 3 nitrogen and oxygen atoms in total. The van der Waals surface area contributed by atoms with Gasteiger partial charge in [0.15, 0.2) is 0 Å². The summed E-state index contributed by atoms with van der Waals surface area (Å²) in [5.41, 5.74) is 0.254. The number of carbonyl (C=O) groups is 1. The number of nitrogens with zero attached hydrogens (tertiary/aromatic N) is 1. The van der Waals surface area contributed by atoms with Crippen molar-refractivity contribution in [2.24, 2.45) is 5.41 Å². The third-order valence-corrected chi connectivity index (χ3v) is 4.18. The summed E-state index contributed by atoms with van der Waals surface area (Å²) in [6, 6.07) is 6.48. The first-order valence-electron chi connectivity index (χ1n) is 7.18. The lowest BCUT2D eigenvalue weighted by atomic mass is 9.73. The second kappa shape index (κ2) is 6.35. The van der Waals surface area contributed by atoms with Gasteiger partial charge in [0.2, 0.25) is 0 Å². The molecular formula is C16H22FNO2. The number of hydrogen-bond donors (Lipinski definition) is 1. The van der Waals surface area contributed by atoms with Crippen LogP contribution in [0.4, 0.5) is 4.39 Å². The first kappa shape index (κ1) is 15.0. The zero-order chi connectivity index (χ0) is 14.6. The zero-order valence-electron chi connectivity index (χ0n) is 11.9. The molecule has 0 aromatic heterocycles. The number of carboxylic acids is 1. The average Bonchev–Trinajstić information content (AvgIpc) is 2.39. The van der Waals surface area contributed by atoms with Crippen molar-refractivity contribution in [3.63, 3.8) is 0 Å². The summed E-state index contributed by atoms with van der Waals surface area (Å²) in [4.78, 5) is 13.6. The number of aliphatic carboxylic acids is 1. The van der Waals surface area contributed by atoms with Gasteiger partial charge < -0.3 is 10.0 Å². The van der Waals surface area contributed by atoms with Crippen LogP contribution in [0.25, 0.3) is 0 Å². The Labute approximate surface area is 119 Å². The lowest BCUT2D eigenvalue weighted by Gasteiger charge is -2.36. The van der Waals surface area contributed by atoms with Crippen LogP contribution in [0.3, 0.4) is 0 Å². The van der Waals surface area contributed by atoms with E-state index in [0.29, 0.717) is 13.1 Å². The molecule has 0 radical (unpaired) electrons. The Morgan fingerprint density at radius 3 is 2.65 bits per heavy atom. The highest BCUT2D eigenvalue weighted by Gasteiger charge is 2.40. The van der Waals surface area contributed by atoms with Crippen molar-refractivity contribution in [3.8, 4) is 0 Å². The highest BCUT2D eigenvalue weighted by Crippen LogP contribution is 2.37. The topological polar surface area (TPSA) is 40.5 Å². The first-order valence-corrected chi connectivity index (χ1v) is 7.18. The number of hydrogen-bond acceptors (Lipinski definition) is 2. The normalized spacial score (nSPS) is 18.1. The van der Waals surface area contributed by atoms with Gasteiger partial charge in [-0.3, -0.25) is 4.79 Å². The van der Waals surface area contributed by atoms with Crippen LogP contribution in [0.15, 0.2) is 24.3 Å². The fourth-order valence-electron chi connectivity index (χ4n) is 3.19. The maximum Gasteiger partial charge on any atom is 0.310 e. The van der Waals surface area contributed by atoms with Crippen molar-refractivity contribution >= 4 is 5.97 Å². The molecule has 0 atom stereocenters. The van der Waals surface area contributed by atoms with Crippen LogP contribution in [-0.2, 0) is 11.3 Å². The van der Waals surface area contributed by atoms with Gasteiger partial charge in [-0.25, -0.2) is 4.39 Å². The van der Waals surface area contributed by atoms with E-state index >= 15 is 0 Å². The maximum atomic E-state index is 13.2. The Kier molecular flexibility index (Phi) is 4.76. The molecule has 0 spiro atoms. The van der Waals surface area contributed by atoms with Gasteiger partial charge in [0.1, 0.15) is 5.82 Å². The van der Waals surface area contributed by atoms with Crippen LogP contribution in [0.2, 0.25) is 0 Å². The number of benzene rings is 1. The van der Waals surface area contributed by atoms with Crippen molar-refractivity contribution in [2.45, 2.75) is 38.6 Å². The number of halogens is 1. The molecule has 1 fully saturated rings. The second-order valence-corrected chi connectivity index (χ2v) is 5.95. The van der Waals surface area contributed by atoms with Crippen molar-refractivity contribution in [3.05, 3.63) is 35.6 Å². The molecule has 1 saturated carbocycles. The molecule has 0 heterocycles. The van der Waals surface area contributed by atoms with Gasteiger partial charge in [0, 0.05) is 13.1 Å². The van der Waals surface area contributed by atoms with E-state index < -0.39 is 11.4 Å². The third kappa shape index (κ3) is 3.57. The molecule has 1 aliphatic rings. The molecule has 110 valence electrons. The van der Waals surface area contributed by atoms with E-state index in [1.807, 2.05) is 18.0 Å². The quantitative estimate of drug-likeness (QED) is 0.899. The van der Waals surface area contributed by atoms with Gasteiger partial charge in [0.25, 0.3) is 0 Å². The molecular weight excluding hydrogens is 257 g/mol. The minimum atomic E-state index is -0.691. The molecule has 0 amide bonds. The molecule has 1 aromatic rings. The number of rotatable bonds is 5. The van der Waals surface area contributed by atoms with Crippen LogP contribution in [0, 0.1) is 11.2 Å². The monoisotopic (exact) mass is 279 g/mol. The van der Waals surface area contributed by atoms with Gasteiger partial charge in [-0.05, 0) is 37.6 Å². The van der Waals surface area contributed by atoms with Crippen LogP contribution >= 0.6 is 0 Å². The zero-order valence-corrected chi connectivity index (χ0v) is 11.9. The minimum absolute atomic E-state index is 0.249. The van der Waals surface area contributed by atoms with Crippen molar-refractivity contribution < 1.29 is 14.3 Å². The molecule has 1 N–H and O–H groups in total. The molecule has 0 bridgehead atoms. The lowest BCUT2D eigenvalue weighted by molar-refractivity contribution is -0.152. The van der Waals surface area contributed by atoms with Gasteiger partial charge in [-0.1, -0.05) is 31.4 Å². The predicted octanol–water partition coefficient (Wildman–Crippen LogP) is 3.29. The molecule has 20 heavy (non-hydrogen) atoms. The fourth-order valence-corrected chi connectivity index (χ4v) is 3.19. The Morgan fingerprint density at radius 1 is 1.35 bits per heavy atom. The average molecular weight is 279 g/mol. The second-order valence-electron chi connectivity index (χ2n) is 5.95. The van der Waals surface area contributed by atoms with E-state index in [9.17, 15) is 14.3 Å². The maximum absolute atomic E-state index is 13.2. The van der Waals surface area contributed by atoms with Gasteiger partial charge >= 0.3 is 5.97 Å². The van der Waals surface area contributed by atoms with Crippen molar-refractivity contribution in [1.29, 1.82) is 0 Å². The lowest BCUT2D eigenvalue weighted by Crippen LogP contribution is -2.43. The third-order valence-electron chi connectivity index (χ3n) is 4.18. The summed E-state index contributed by atoms with van der Waals surface area (Å²) < 4.78 is 13.2. The van der Waals surface area contributed by atoms with E-state index in [2.05, 4.69) is 0 Å². The number of carboxylic acid groups (broad SMARTS) is 1. The molecule has 0 aliphatic heterocycles. The summed E-state index contributed by atoms with van der Waals surface area (Å²) >= 11 is 0. The van der Waals surface area contributed by atoms with Crippen molar-refractivity contribution in [1.82, 2.24) is 4.90 Å². The van der Waals surface area contributed by atoms with Crippen LogP contribution < -0.4 is 0 Å². The van der Waals surface area contributed by atoms with Gasteiger partial charge in [-0.2, -0.15) is 0 Å². The van der Waals surface area contributed by atoms with Gasteiger partial charge in [0.05, 0.1) is 5.41 Å². The Hall–Kier alpha value is -1.42. The van der Waals surface area contributed by atoms with Crippen LogP contribution in [0.1, 0.15) is 37.7 Å². The standard InChI is InChI=1S/C16H22FNO2/c1-18(11-13-6-5-7-14(17)10-13)12-16(15(19)20)8-3-2-4-9-16/h5-7,10H,2-4,8-9,11-12H2,1H3,(H,19,20). The van der Waals surface area contributed by atoms with E-state index in [4.69, 9.17) is 0 Å². The highest BCUT2D eigenvalue weighted by molar-refractivity contribution is 5.75. The van der Waals surface area contributed by atoms with Crippen LogP contribution in [0.5, 0.6) is 0 Å². The summed E-state index contributed by atoms with van der Waals surface area (Å²) in [6.07, 6.45) is 4.59. The SMILES string of the molecule is CN(Cc1cccc(F)c1)CC1(C(=O)O)CCCCC1. The van der Waals surface area contributed by atoms with Crippen molar-refractivity contribution in [2.75, 3.05) is 13.6 Å². The largest absolute Gasteiger partial charge is 0.481 e. The molecule has 1 aromatic carbocycles. The Balaban J connectivity index is 2.01. The Bertz CT molecular complexity index is 469. The smallest absolute Gasteiger partial charge is 0.310 e. The molecule has 2 rings (SSSR count). The van der Waals surface area contributed by atoms with Gasteiger partial charge in [-0.15, -0.1) is 0 Å².